The third-order valence-electron chi connectivity index (χ3n) is 8.61. The normalized spacial score (nSPS) is 16.3. The van der Waals surface area contributed by atoms with Crippen LogP contribution in [0.4, 0.5) is 16.2 Å². The Labute approximate surface area is 273 Å². The van der Waals surface area contributed by atoms with E-state index in [1.54, 1.807) is 9.80 Å². The first-order valence-electron chi connectivity index (χ1n) is 16.0. The van der Waals surface area contributed by atoms with Gasteiger partial charge in [0.15, 0.2) is 6.73 Å². The summed E-state index contributed by atoms with van der Waals surface area (Å²) in [6, 6.07) is 11.7. The van der Waals surface area contributed by atoms with Crippen LogP contribution in [0.1, 0.15) is 59.4 Å². The first kappa shape index (κ1) is 34.2. The highest BCUT2D eigenvalue weighted by Gasteiger charge is 2.29. The van der Waals surface area contributed by atoms with Gasteiger partial charge in [-0.3, -0.25) is 14.6 Å². The van der Waals surface area contributed by atoms with Crippen LogP contribution in [0.25, 0.3) is 0 Å². The summed E-state index contributed by atoms with van der Waals surface area (Å²) < 4.78 is 11.8. The standard InChI is InChI=1S/C34H48Cl2N4O4/c1-24(2)22-39(26(5)25(3)4)34(42)44-23-40-31-21-28(13-11-27(31)12-14-32(40)41)43-20-7-6-15-37-16-18-38(19-17-37)30-10-8-9-29(35)33(30)36/h8-11,13,21,24-26H,6-7,12,14-20,22-23H2,1-5H3. The highest BCUT2D eigenvalue weighted by Crippen LogP contribution is 2.33. The van der Waals surface area contributed by atoms with E-state index in [0.717, 1.165) is 68.3 Å². The summed E-state index contributed by atoms with van der Waals surface area (Å²) in [6.07, 6.45) is 2.63. The van der Waals surface area contributed by atoms with Crippen LogP contribution in [0.3, 0.4) is 0 Å². The molecular formula is C34H48Cl2N4O4. The molecular weight excluding hydrogens is 599 g/mol. The first-order chi connectivity index (χ1) is 21.0. The van der Waals surface area contributed by atoms with Crippen molar-refractivity contribution in [1.29, 1.82) is 0 Å². The molecule has 2 aromatic rings. The molecule has 44 heavy (non-hydrogen) atoms. The van der Waals surface area contributed by atoms with Crippen molar-refractivity contribution < 1.29 is 19.1 Å². The molecule has 2 aliphatic heterocycles. The van der Waals surface area contributed by atoms with Gasteiger partial charge in [-0.2, -0.15) is 0 Å². The molecule has 1 fully saturated rings. The molecule has 0 spiro atoms. The molecule has 8 nitrogen and oxygen atoms in total. The maximum atomic E-state index is 13.1. The number of hydrogen-bond acceptors (Lipinski definition) is 6. The quantitative estimate of drug-likeness (QED) is 0.212. The molecule has 0 aromatic heterocycles. The number of piperazine rings is 1. The van der Waals surface area contributed by atoms with Gasteiger partial charge in [0.25, 0.3) is 0 Å². The fraction of sp³-hybridized carbons (Fsp3) is 0.588. The molecule has 0 radical (unpaired) electrons. The van der Waals surface area contributed by atoms with Crippen LogP contribution in [-0.2, 0) is 16.0 Å². The Morgan fingerprint density at radius 1 is 0.955 bits per heavy atom. The molecule has 1 saturated heterocycles. The van der Waals surface area contributed by atoms with Crippen molar-refractivity contribution in [3.8, 4) is 5.75 Å². The molecule has 0 aliphatic carbocycles. The first-order valence-corrected chi connectivity index (χ1v) is 16.7. The van der Waals surface area contributed by atoms with Crippen molar-refractivity contribution in [1.82, 2.24) is 9.80 Å². The number of hydrogen-bond donors (Lipinski definition) is 0. The Bertz CT molecular complexity index is 1270. The number of halogens is 2. The summed E-state index contributed by atoms with van der Waals surface area (Å²) in [5.74, 6) is 1.28. The fourth-order valence-electron chi connectivity index (χ4n) is 5.69. The van der Waals surface area contributed by atoms with Gasteiger partial charge in [0.05, 0.1) is 28.0 Å². The molecule has 1 atom stereocenters. The van der Waals surface area contributed by atoms with E-state index in [0.29, 0.717) is 47.9 Å². The minimum atomic E-state index is -0.387. The fourth-order valence-corrected chi connectivity index (χ4v) is 6.10. The van der Waals surface area contributed by atoms with Gasteiger partial charge < -0.3 is 19.3 Å². The van der Waals surface area contributed by atoms with E-state index in [9.17, 15) is 9.59 Å². The highest BCUT2D eigenvalue weighted by atomic mass is 35.5. The second-order valence-corrected chi connectivity index (χ2v) is 13.4. The van der Waals surface area contributed by atoms with E-state index >= 15 is 0 Å². The number of rotatable bonds is 13. The number of fused-ring (bicyclic) bond motifs is 1. The van der Waals surface area contributed by atoms with Crippen LogP contribution < -0.4 is 14.5 Å². The lowest BCUT2D eigenvalue weighted by Gasteiger charge is -2.36. The van der Waals surface area contributed by atoms with Crippen LogP contribution in [0.2, 0.25) is 10.0 Å². The summed E-state index contributed by atoms with van der Waals surface area (Å²) in [4.78, 5) is 34.1. The van der Waals surface area contributed by atoms with Crippen LogP contribution in [-0.4, -0.2) is 80.4 Å². The molecule has 2 aliphatic rings. The Balaban J connectivity index is 1.24. The van der Waals surface area contributed by atoms with Gasteiger partial charge in [0, 0.05) is 51.3 Å². The molecule has 2 aromatic carbocycles. The molecule has 2 amide bonds. The smallest absolute Gasteiger partial charge is 0.411 e. The zero-order valence-electron chi connectivity index (χ0n) is 26.9. The van der Waals surface area contributed by atoms with Crippen LogP contribution in [0.5, 0.6) is 5.75 Å². The maximum Gasteiger partial charge on any atom is 0.411 e. The van der Waals surface area contributed by atoms with E-state index in [4.69, 9.17) is 32.7 Å². The number of carbonyl (C=O) groups is 2. The lowest BCUT2D eigenvalue weighted by Crippen LogP contribution is -2.46. The van der Waals surface area contributed by atoms with E-state index in [1.807, 2.05) is 43.3 Å². The average molecular weight is 648 g/mol. The third kappa shape index (κ3) is 8.95. The topological polar surface area (TPSA) is 65.6 Å². The monoisotopic (exact) mass is 646 g/mol. The average Bonchev–Trinajstić information content (AvgIpc) is 3.00. The number of ether oxygens (including phenoxy) is 2. The van der Waals surface area contributed by atoms with E-state index in [-0.39, 0.29) is 24.8 Å². The molecule has 2 heterocycles. The minimum absolute atomic E-state index is 0.0341. The molecule has 0 saturated carbocycles. The number of benzene rings is 2. The Morgan fingerprint density at radius 2 is 1.70 bits per heavy atom. The highest BCUT2D eigenvalue weighted by molar-refractivity contribution is 6.43. The number of nitrogens with zero attached hydrogens (tertiary/aromatic N) is 4. The number of anilines is 2. The number of aryl methyl sites for hydroxylation is 1. The van der Waals surface area contributed by atoms with Gasteiger partial charge in [-0.1, -0.05) is 63.0 Å². The zero-order valence-corrected chi connectivity index (χ0v) is 28.4. The van der Waals surface area contributed by atoms with Crippen LogP contribution in [0.15, 0.2) is 36.4 Å². The van der Waals surface area contributed by atoms with Gasteiger partial charge in [0.1, 0.15) is 5.75 Å². The SMILES string of the molecule is CC(C)CN(C(=O)OCN1C(=O)CCc2ccc(OCCCCN3CCN(c4cccc(Cl)c4Cl)CC3)cc21)C(C)C(C)C. The molecule has 0 bridgehead atoms. The van der Waals surface area contributed by atoms with Crippen molar-refractivity contribution in [2.24, 2.45) is 11.8 Å². The lowest BCUT2D eigenvalue weighted by molar-refractivity contribution is -0.119. The van der Waals surface area contributed by atoms with Crippen molar-refractivity contribution in [2.45, 2.75) is 66.3 Å². The number of unbranched alkanes of at least 4 members (excludes halogenated alkanes) is 1. The number of amides is 2. The largest absolute Gasteiger partial charge is 0.494 e. The summed E-state index contributed by atoms with van der Waals surface area (Å²) >= 11 is 12.6. The third-order valence-corrected chi connectivity index (χ3v) is 9.42. The number of carbonyl (C=O) groups excluding carboxylic acids is 2. The summed E-state index contributed by atoms with van der Waals surface area (Å²) in [6.45, 7) is 16.3. The Kier molecular flexibility index (Phi) is 12.5. The molecule has 1 unspecified atom stereocenters. The van der Waals surface area contributed by atoms with Gasteiger partial charge in [-0.25, -0.2) is 4.79 Å². The molecule has 0 N–H and O–H groups in total. The second-order valence-electron chi connectivity index (χ2n) is 12.6. The van der Waals surface area contributed by atoms with E-state index in [1.165, 1.54) is 0 Å². The maximum absolute atomic E-state index is 13.1. The van der Waals surface area contributed by atoms with Crippen molar-refractivity contribution >= 4 is 46.6 Å². The van der Waals surface area contributed by atoms with Crippen molar-refractivity contribution in [3.63, 3.8) is 0 Å². The summed E-state index contributed by atoms with van der Waals surface area (Å²) in [5.41, 5.74) is 2.82. The van der Waals surface area contributed by atoms with Gasteiger partial charge >= 0.3 is 6.09 Å². The minimum Gasteiger partial charge on any atom is -0.494 e. The molecule has 242 valence electrons. The Morgan fingerprint density at radius 3 is 2.41 bits per heavy atom. The lowest BCUT2D eigenvalue weighted by atomic mass is 10.0. The van der Waals surface area contributed by atoms with Gasteiger partial charge in [0.2, 0.25) is 5.91 Å². The summed E-state index contributed by atoms with van der Waals surface area (Å²) in [7, 11) is 0. The zero-order chi connectivity index (χ0) is 31.8. The predicted octanol–water partition coefficient (Wildman–Crippen LogP) is 7.35. The van der Waals surface area contributed by atoms with Crippen LogP contribution >= 0.6 is 23.2 Å². The van der Waals surface area contributed by atoms with Crippen molar-refractivity contribution in [3.05, 3.63) is 52.0 Å². The van der Waals surface area contributed by atoms with E-state index in [2.05, 4.69) is 37.5 Å². The molecule has 10 heteroatoms. The van der Waals surface area contributed by atoms with Gasteiger partial charge in [-0.05, 0) is 68.3 Å². The van der Waals surface area contributed by atoms with E-state index < -0.39 is 0 Å². The summed E-state index contributed by atoms with van der Waals surface area (Å²) in [5, 5.41) is 1.22. The van der Waals surface area contributed by atoms with Gasteiger partial charge in [-0.15, -0.1) is 0 Å². The molecule has 4 rings (SSSR count). The Hall–Kier alpha value is -2.68. The van der Waals surface area contributed by atoms with Crippen molar-refractivity contribution in [2.75, 3.05) is 62.4 Å². The second kappa shape index (κ2) is 16.1. The van der Waals surface area contributed by atoms with Crippen LogP contribution in [0, 0.1) is 11.8 Å². The predicted molar refractivity (Wildman–Crippen MR) is 179 cm³/mol.